The topological polar surface area (TPSA) is 116 Å². The molecule has 1 aliphatic carbocycles. The van der Waals surface area contributed by atoms with Crippen LogP contribution in [-0.2, 0) is 19.6 Å². The van der Waals surface area contributed by atoms with Gasteiger partial charge >= 0.3 is 12.0 Å². The van der Waals surface area contributed by atoms with Gasteiger partial charge in [0.2, 0.25) is 4.75 Å². The van der Waals surface area contributed by atoms with Crippen LogP contribution in [0.4, 0.5) is 4.79 Å². The second kappa shape index (κ2) is 4.58. The van der Waals surface area contributed by atoms with Crippen LogP contribution in [0.3, 0.4) is 0 Å². The molecule has 8 heteroatoms. The van der Waals surface area contributed by atoms with E-state index in [2.05, 4.69) is 4.74 Å². The molecule has 0 saturated carbocycles. The van der Waals surface area contributed by atoms with Crippen molar-refractivity contribution in [1.82, 2.24) is 4.72 Å². The number of methoxy groups -OCH3 is 1. The molecule has 2 amide bonds. The van der Waals surface area contributed by atoms with Crippen molar-refractivity contribution < 1.29 is 22.7 Å². The number of carbonyl (C=O) groups is 2. The molecule has 0 spiro atoms. The minimum absolute atomic E-state index is 0.126. The Hall–Kier alpha value is -1.83. The highest BCUT2D eigenvalue weighted by atomic mass is 32.2. The number of hydrogen-bond donors (Lipinski definition) is 2. The summed E-state index contributed by atoms with van der Waals surface area (Å²) in [5, 5.41) is 0. The molecule has 0 aliphatic heterocycles. The van der Waals surface area contributed by atoms with E-state index in [9.17, 15) is 18.0 Å². The number of carbonyl (C=O) groups excluding carboxylic acids is 2. The van der Waals surface area contributed by atoms with E-state index >= 15 is 0 Å². The molecule has 0 saturated heterocycles. The monoisotopic (exact) mass is 260 g/mol. The minimum atomic E-state index is -4.29. The molecular weight excluding hydrogens is 248 g/mol. The Morgan fingerprint density at radius 2 is 2.06 bits per heavy atom. The molecule has 0 aromatic carbocycles. The molecule has 1 atom stereocenters. The average molecular weight is 260 g/mol. The quantitative estimate of drug-likeness (QED) is 0.658. The molecule has 1 aliphatic rings. The molecule has 0 aromatic heterocycles. The molecule has 0 aromatic rings. The van der Waals surface area contributed by atoms with E-state index in [1.54, 1.807) is 10.8 Å². The van der Waals surface area contributed by atoms with Gasteiger partial charge in [-0.15, -0.1) is 0 Å². The number of nitrogens with one attached hydrogen (secondary N) is 1. The highest BCUT2D eigenvalue weighted by Crippen LogP contribution is 2.28. The van der Waals surface area contributed by atoms with Crippen molar-refractivity contribution in [1.29, 1.82) is 0 Å². The molecule has 3 N–H and O–H groups in total. The lowest BCUT2D eigenvalue weighted by Gasteiger charge is -2.27. The molecule has 7 nitrogen and oxygen atoms in total. The number of primary amides is 1. The van der Waals surface area contributed by atoms with Crippen molar-refractivity contribution in [3.8, 4) is 0 Å². The third-order valence-corrected chi connectivity index (χ3v) is 4.18. The summed E-state index contributed by atoms with van der Waals surface area (Å²) in [7, 11) is -3.23. The lowest BCUT2D eigenvalue weighted by molar-refractivity contribution is -0.142. The maximum Gasteiger partial charge on any atom is 0.333 e. The van der Waals surface area contributed by atoms with E-state index in [0.29, 0.717) is 0 Å². The number of urea groups is 1. The zero-order valence-corrected chi connectivity index (χ0v) is 9.86. The minimum Gasteiger partial charge on any atom is -0.468 e. The van der Waals surface area contributed by atoms with Gasteiger partial charge in [0.05, 0.1) is 7.11 Å². The summed E-state index contributed by atoms with van der Waals surface area (Å²) in [6.45, 7) is 0. The highest BCUT2D eigenvalue weighted by Gasteiger charge is 2.50. The number of amides is 2. The predicted octanol–water partition coefficient (Wildman–Crippen LogP) is -0.588. The second-order valence-electron chi connectivity index (χ2n) is 3.34. The predicted molar refractivity (Wildman–Crippen MR) is 59.3 cm³/mol. The summed E-state index contributed by atoms with van der Waals surface area (Å²) < 4.78 is 27.9. The SMILES string of the molecule is COC(=O)C1(S(=O)(=O)NC(N)=O)C=CC=CC1. The maximum atomic E-state index is 11.9. The summed E-state index contributed by atoms with van der Waals surface area (Å²) in [4.78, 5) is 22.3. The van der Waals surface area contributed by atoms with E-state index in [1.165, 1.54) is 12.2 Å². The second-order valence-corrected chi connectivity index (χ2v) is 5.28. The lowest BCUT2D eigenvalue weighted by Crippen LogP contribution is -2.54. The van der Waals surface area contributed by atoms with Crippen molar-refractivity contribution in [3.63, 3.8) is 0 Å². The first kappa shape index (κ1) is 13.2. The van der Waals surface area contributed by atoms with Crippen LogP contribution in [0.15, 0.2) is 24.3 Å². The van der Waals surface area contributed by atoms with Crippen molar-refractivity contribution in [2.24, 2.45) is 5.73 Å². The number of sulfonamides is 1. The van der Waals surface area contributed by atoms with Crippen molar-refractivity contribution in [2.45, 2.75) is 11.2 Å². The molecule has 0 heterocycles. The summed E-state index contributed by atoms with van der Waals surface area (Å²) >= 11 is 0. The molecule has 94 valence electrons. The van der Waals surface area contributed by atoms with Crippen molar-refractivity contribution in [3.05, 3.63) is 24.3 Å². The van der Waals surface area contributed by atoms with Gasteiger partial charge in [-0.25, -0.2) is 22.7 Å². The first-order chi connectivity index (χ1) is 7.85. The van der Waals surface area contributed by atoms with Crippen LogP contribution >= 0.6 is 0 Å². The average Bonchev–Trinajstić information content (AvgIpc) is 2.27. The zero-order valence-electron chi connectivity index (χ0n) is 9.04. The first-order valence-electron chi connectivity index (χ1n) is 4.60. The fraction of sp³-hybridized carbons (Fsp3) is 0.333. The largest absolute Gasteiger partial charge is 0.468 e. The van der Waals surface area contributed by atoms with Crippen LogP contribution in [0.2, 0.25) is 0 Å². The number of nitrogens with two attached hydrogens (primary N) is 1. The van der Waals surface area contributed by atoms with Crippen LogP contribution in [-0.4, -0.2) is 32.3 Å². The molecule has 1 rings (SSSR count). The number of esters is 1. The summed E-state index contributed by atoms with van der Waals surface area (Å²) in [5.74, 6) is -0.980. The number of ether oxygens (including phenoxy) is 1. The maximum absolute atomic E-state index is 11.9. The van der Waals surface area contributed by atoms with Gasteiger partial charge in [0, 0.05) is 6.42 Å². The third kappa shape index (κ3) is 2.31. The number of allylic oxidation sites excluding steroid dienone is 3. The Bertz CT molecular complexity index is 494. The van der Waals surface area contributed by atoms with Gasteiger partial charge in [0.25, 0.3) is 10.0 Å². The zero-order chi connectivity index (χ0) is 13.1. The van der Waals surface area contributed by atoms with Gasteiger partial charge in [-0.05, 0) is 0 Å². The van der Waals surface area contributed by atoms with Gasteiger partial charge in [-0.3, -0.25) is 0 Å². The molecular formula is C9H12N2O5S. The summed E-state index contributed by atoms with van der Waals surface area (Å²) in [6, 6.07) is -1.25. The highest BCUT2D eigenvalue weighted by molar-refractivity contribution is 7.92. The summed E-state index contributed by atoms with van der Waals surface area (Å²) in [5.41, 5.74) is 4.76. The van der Waals surface area contributed by atoms with Crippen LogP contribution in [0.1, 0.15) is 6.42 Å². The van der Waals surface area contributed by atoms with Gasteiger partial charge < -0.3 is 10.5 Å². The Balaban J connectivity index is 3.25. The van der Waals surface area contributed by atoms with E-state index < -0.39 is 26.8 Å². The van der Waals surface area contributed by atoms with E-state index in [-0.39, 0.29) is 6.42 Å². The van der Waals surface area contributed by atoms with E-state index in [0.717, 1.165) is 13.2 Å². The van der Waals surface area contributed by atoms with Crippen molar-refractivity contribution >= 4 is 22.0 Å². The van der Waals surface area contributed by atoms with Gasteiger partial charge in [0.1, 0.15) is 0 Å². The first-order valence-corrected chi connectivity index (χ1v) is 6.08. The smallest absolute Gasteiger partial charge is 0.333 e. The Labute approximate surface area is 98.4 Å². The van der Waals surface area contributed by atoms with E-state index in [1.807, 2.05) is 0 Å². The molecule has 17 heavy (non-hydrogen) atoms. The normalized spacial score (nSPS) is 23.1. The van der Waals surface area contributed by atoms with Crippen LogP contribution in [0.25, 0.3) is 0 Å². The van der Waals surface area contributed by atoms with Crippen LogP contribution in [0.5, 0.6) is 0 Å². The Kier molecular flexibility index (Phi) is 3.56. The molecule has 0 bridgehead atoms. The number of hydrogen-bond acceptors (Lipinski definition) is 5. The fourth-order valence-electron chi connectivity index (χ4n) is 1.46. The molecule has 0 fully saturated rings. The Morgan fingerprint density at radius 1 is 1.41 bits per heavy atom. The van der Waals surface area contributed by atoms with Crippen molar-refractivity contribution in [2.75, 3.05) is 7.11 Å². The van der Waals surface area contributed by atoms with Gasteiger partial charge in [0.15, 0.2) is 0 Å². The van der Waals surface area contributed by atoms with Gasteiger partial charge in [-0.2, -0.15) is 0 Å². The summed E-state index contributed by atoms with van der Waals surface area (Å²) in [6.07, 6.45) is 5.49. The fourth-order valence-corrected chi connectivity index (χ4v) is 2.78. The Morgan fingerprint density at radius 3 is 2.47 bits per heavy atom. The molecule has 0 radical (unpaired) electrons. The van der Waals surface area contributed by atoms with E-state index in [4.69, 9.17) is 5.73 Å². The van der Waals surface area contributed by atoms with Crippen LogP contribution in [0, 0.1) is 0 Å². The van der Waals surface area contributed by atoms with Gasteiger partial charge in [-0.1, -0.05) is 24.3 Å². The lowest BCUT2D eigenvalue weighted by atomic mass is 10.00. The van der Waals surface area contributed by atoms with Crippen LogP contribution < -0.4 is 10.5 Å². The third-order valence-electron chi connectivity index (χ3n) is 2.28. The standard InChI is InChI=1S/C9H12N2O5S/c1-16-7(12)9(5-3-2-4-6-9)17(14,15)11-8(10)13/h2-5H,6H2,1H3,(H3,10,11,13). The number of rotatable bonds is 3. The molecule has 1 unspecified atom stereocenters.